The highest BCUT2D eigenvalue weighted by atomic mass is 16.5. The quantitative estimate of drug-likeness (QED) is 0.267. The molecule has 5 aromatic rings. The number of anilines is 1. The maximum absolute atomic E-state index is 12.7. The summed E-state index contributed by atoms with van der Waals surface area (Å²) in [6.45, 7) is 3.09. The number of aryl methyl sites for hydroxylation is 1. The Morgan fingerprint density at radius 1 is 1.05 bits per heavy atom. The van der Waals surface area contributed by atoms with Gasteiger partial charge in [-0.3, -0.25) is 4.79 Å². The molecule has 11 heteroatoms. The second-order valence-corrected chi connectivity index (χ2v) is 9.47. The summed E-state index contributed by atoms with van der Waals surface area (Å²) in [5.41, 5.74) is 8.53. The van der Waals surface area contributed by atoms with Crippen molar-refractivity contribution >= 4 is 22.8 Å². The number of nitrogens with two attached hydrogens (primary N) is 1. The molecule has 11 nitrogen and oxygen atoms in total. The summed E-state index contributed by atoms with van der Waals surface area (Å²) < 4.78 is 9.82. The first-order chi connectivity index (χ1) is 19.2. The molecule has 1 amide bonds. The predicted molar refractivity (Wildman–Crippen MR) is 147 cm³/mol. The lowest BCUT2D eigenvalue weighted by molar-refractivity contribution is -0.136. The number of nitrogens with zero attached hydrogens (tertiary/aromatic N) is 7. The first-order valence-electron chi connectivity index (χ1n) is 12.9. The maximum atomic E-state index is 12.7. The van der Waals surface area contributed by atoms with Gasteiger partial charge in [-0.2, -0.15) is 5.10 Å². The van der Waals surface area contributed by atoms with Crippen molar-refractivity contribution in [2.45, 2.75) is 19.0 Å². The van der Waals surface area contributed by atoms with Crippen molar-refractivity contribution in [3.63, 3.8) is 0 Å². The molecule has 2 aromatic carbocycles. The highest BCUT2D eigenvalue weighted by Crippen LogP contribution is 2.34. The summed E-state index contributed by atoms with van der Waals surface area (Å²) in [5, 5.41) is 8.84. The minimum atomic E-state index is 0.0152. The molecule has 6 rings (SSSR count). The first kappa shape index (κ1) is 24.6. The average molecular weight is 524 g/mol. The van der Waals surface area contributed by atoms with Crippen LogP contribution in [0.5, 0.6) is 11.5 Å². The van der Waals surface area contributed by atoms with E-state index >= 15 is 0 Å². The van der Waals surface area contributed by atoms with Gasteiger partial charge < -0.3 is 25.3 Å². The SMILES string of the molecule is Nc1ncnc2c1c(-c1ccc(Oc3ccccc3)cc1)nn2C1CN(C(=O)CNCCCn2ccnc2)C1. The summed E-state index contributed by atoms with van der Waals surface area (Å²) in [5.74, 6) is 1.94. The van der Waals surface area contributed by atoms with Gasteiger partial charge in [0.15, 0.2) is 5.65 Å². The van der Waals surface area contributed by atoms with Crippen molar-refractivity contribution < 1.29 is 9.53 Å². The summed E-state index contributed by atoms with van der Waals surface area (Å²) >= 11 is 0. The van der Waals surface area contributed by atoms with Crippen molar-refractivity contribution in [3.8, 4) is 22.8 Å². The van der Waals surface area contributed by atoms with Crippen LogP contribution in [-0.2, 0) is 11.3 Å². The molecule has 0 saturated carbocycles. The molecule has 0 radical (unpaired) electrons. The molecule has 3 N–H and O–H groups in total. The first-order valence-corrected chi connectivity index (χ1v) is 12.9. The van der Waals surface area contributed by atoms with Crippen LogP contribution in [0.1, 0.15) is 12.5 Å². The number of ether oxygens (including phenoxy) is 1. The Morgan fingerprint density at radius 3 is 2.62 bits per heavy atom. The number of likely N-dealkylation sites (tertiary alicyclic amines) is 1. The van der Waals surface area contributed by atoms with E-state index in [2.05, 4.69) is 20.3 Å². The second kappa shape index (κ2) is 10.9. The number of fused-ring (bicyclic) bond motifs is 1. The third kappa shape index (κ3) is 5.30. The molecule has 1 fully saturated rings. The van der Waals surface area contributed by atoms with Crippen LogP contribution in [0.4, 0.5) is 5.82 Å². The Hall–Kier alpha value is -4.77. The number of para-hydroxylation sites is 1. The standard InChI is InChI=1S/C28H29N9O2/c29-27-25-26(20-7-9-23(10-8-20)39-22-5-2-1-3-6-22)34-37(28(25)33-18-32-27)21-16-36(17-21)24(38)15-30-11-4-13-35-14-12-31-19-35/h1-3,5-10,12,14,18-19,21,30H,4,11,13,15-17H2,(H2,29,32,33). The van der Waals surface area contributed by atoms with Gasteiger partial charge in [-0.15, -0.1) is 0 Å². The molecular formula is C28H29N9O2. The van der Waals surface area contributed by atoms with E-state index < -0.39 is 0 Å². The molecule has 1 aliphatic rings. The number of nitrogens with one attached hydrogen (secondary N) is 1. The molecule has 1 aliphatic heterocycles. The lowest BCUT2D eigenvalue weighted by Crippen LogP contribution is -2.53. The van der Waals surface area contributed by atoms with Gasteiger partial charge in [0.1, 0.15) is 29.3 Å². The predicted octanol–water partition coefficient (Wildman–Crippen LogP) is 3.13. The fourth-order valence-corrected chi connectivity index (χ4v) is 4.68. The summed E-state index contributed by atoms with van der Waals surface area (Å²) in [4.78, 5) is 27.2. The van der Waals surface area contributed by atoms with Crippen LogP contribution in [0.3, 0.4) is 0 Å². The van der Waals surface area contributed by atoms with E-state index in [1.54, 1.807) is 12.5 Å². The summed E-state index contributed by atoms with van der Waals surface area (Å²) in [6, 6.07) is 17.4. The Morgan fingerprint density at radius 2 is 1.85 bits per heavy atom. The minimum absolute atomic E-state index is 0.0152. The average Bonchev–Trinajstić information content (AvgIpc) is 3.58. The van der Waals surface area contributed by atoms with Crippen LogP contribution in [0.15, 0.2) is 79.6 Å². The van der Waals surface area contributed by atoms with Crippen LogP contribution in [0.2, 0.25) is 0 Å². The number of benzene rings is 2. The van der Waals surface area contributed by atoms with Gasteiger partial charge in [-0.05, 0) is 49.4 Å². The molecule has 39 heavy (non-hydrogen) atoms. The zero-order valence-corrected chi connectivity index (χ0v) is 21.3. The molecule has 0 spiro atoms. The Labute approximate surface area is 225 Å². The normalized spacial score (nSPS) is 13.5. The largest absolute Gasteiger partial charge is 0.457 e. The van der Waals surface area contributed by atoms with Gasteiger partial charge >= 0.3 is 0 Å². The zero-order valence-electron chi connectivity index (χ0n) is 21.3. The van der Waals surface area contributed by atoms with Gasteiger partial charge in [-0.1, -0.05) is 18.2 Å². The maximum Gasteiger partial charge on any atom is 0.236 e. The number of carbonyl (C=O) groups is 1. The van der Waals surface area contributed by atoms with Crippen molar-refractivity contribution in [2.24, 2.45) is 0 Å². The van der Waals surface area contributed by atoms with E-state index in [-0.39, 0.29) is 11.9 Å². The highest BCUT2D eigenvalue weighted by Gasteiger charge is 2.34. The van der Waals surface area contributed by atoms with Gasteiger partial charge in [-0.25, -0.2) is 19.6 Å². The van der Waals surface area contributed by atoms with Crippen LogP contribution in [-0.4, -0.2) is 66.3 Å². The highest BCUT2D eigenvalue weighted by molar-refractivity contribution is 5.98. The van der Waals surface area contributed by atoms with Gasteiger partial charge in [0.2, 0.25) is 5.91 Å². The van der Waals surface area contributed by atoms with Gasteiger partial charge in [0.05, 0.1) is 24.3 Å². The number of aromatic nitrogens is 6. The van der Waals surface area contributed by atoms with Crippen LogP contribution >= 0.6 is 0 Å². The van der Waals surface area contributed by atoms with Crippen molar-refractivity contribution in [1.29, 1.82) is 0 Å². The number of rotatable bonds is 10. The molecule has 198 valence electrons. The summed E-state index contributed by atoms with van der Waals surface area (Å²) in [6.07, 6.45) is 7.87. The van der Waals surface area contributed by atoms with E-state index in [1.807, 2.05) is 74.9 Å². The van der Waals surface area contributed by atoms with Crippen LogP contribution < -0.4 is 15.8 Å². The smallest absolute Gasteiger partial charge is 0.236 e. The van der Waals surface area contributed by atoms with Gasteiger partial charge in [0.25, 0.3) is 0 Å². The third-order valence-electron chi connectivity index (χ3n) is 6.79. The molecule has 0 atom stereocenters. The van der Waals surface area contributed by atoms with E-state index in [0.29, 0.717) is 42.2 Å². The van der Waals surface area contributed by atoms with Crippen LogP contribution in [0.25, 0.3) is 22.3 Å². The van der Waals surface area contributed by atoms with Crippen LogP contribution in [0, 0.1) is 0 Å². The lowest BCUT2D eigenvalue weighted by atomic mass is 10.1. The van der Waals surface area contributed by atoms with Gasteiger partial charge in [0, 0.05) is 37.6 Å². The molecule has 0 bridgehead atoms. The monoisotopic (exact) mass is 523 g/mol. The van der Waals surface area contributed by atoms with Crippen molar-refractivity contribution in [3.05, 3.63) is 79.6 Å². The zero-order chi connectivity index (χ0) is 26.6. The lowest BCUT2D eigenvalue weighted by Gasteiger charge is -2.39. The molecule has 4 heterocycles. The number of amides is 1. The number of nitrogen functional groups attached to an aromatic ring is 1. The number of imidazole rings is 1. The fourth-order valence-electron chi connectivity index (χ4n) is 4.68. The van der Waals surface area contributed by atoms with E-state index in [9.17, 15) is 4.79 Å². The van der Waals surface area contributed by atoms with E-state index in [4.69, 9.17) is 15.6 Å². The second-order valence-electron chi connectivity index (χ2n) is 9.47. The van der Waals surface area contributed by atoms with E-state index in [0.717, 1.165) is 36.6 Å². The summed E-state index contributed by atoms with van der Waals surface area (Å²) in [7, 11) is 0. The number of hydrogen-bond donors (Lipinski definition) is 2. The third-order valence-corrected chi connectivity index (χ3v) is 6.79. The minimum Gasteiger partial charge on any atom is -0.457 e. The van der Waals surface area contributed by atoms with E-state index in [1.165, 1.54) is 6.33 Å². The Bertz CT molecular complexity index is 1540. The van der Waals surface area contributed by atoms with Crippen molar-refractivity contribution in [2.75, 3.05) is 31.9 Å². The molecule has 0 aliphatic carbocycles. The molecule has 0 unspecified atom stereocenters. The number of carbonyl (C=O) groups excluding carboxylic acids is 1. The molecule has 1 saturated heterocycles. The van der Waals surface area contributed by atoms with Crippen molar-refractivity contribution in [1.82, 2.24) is 39.5 Å². The molecular weight excluding hydrogens is 494 g/mol. The molecule has 3 aromatic heterocycles. The fraction of sp³-hybridized carbons (Fsp3) is 0.250. The Kier molecular flexibility index (Phi) is 6.88. The number of hydrogen-bond acceptors (Lipinski definition) is 8. The Balaban J connectivity index is 1.10. The topological polar surface area (TPSA) is 129 Å².